The molecule has 1 aliphatic rings. The molecule has 0 spiro atoms. The lowest BCUT2D eigenvalue weighted by molar-refractivity contribution is -0.0858. The van der Waals surface area contributed by atoms with Crippen LogP contribution in [0.5, 0.6) is 0 Å². The van der Waals surface area contributed by atoms with E-state index in [9.17, 15) is 0 Å². The lowest BCUT2D eigenvalue weighted by atomic mass is 9.79. The van der Waals surface area contributed by atoms with Crippen molar-refractivity contribution in [3.63, 3.8) is 0 Å². The van der Waals surface area contributed by atoms with Gasteiger partial charge in [-0.2, -0.15) is 4.98 Å². The Bertz CT molecular complexity index is 551. The third-order valence-electron chi connectivity index (χ3n) is 3.70. The highest BCUT2D eigenvalue weighted by molar-refractivity contribution is 5.08. The normalized spacial score (nSPS) is 17.4. The van der Waals surface area contributed by atoms with Gasteiger partial charge in [0.1, 0.15) is 11.4 Å². The van der Waals surface area contributed by atoms with Gasteiger partial charge in [-0.3, -0.25) is 0 Å². The van der Waals surface area contributed by atoms with Gasteiger partial charge in [-0.25, -0.2) is 0 Å². The highest BCUT2D eigenvalue weighted by Crippen LogP contribution is 2.42. The summed E-state index contributed by atoms with van der Waals surface area (Å²) in [5.41, 5.74) is 0.592. The van der Waals surface area contributed by atoms with Crippen LogP contribution < -0.4 is 0 Å². The molecule has 0 aliphatic heterocycles. The van der Waals surface area contributed by atoms with Crippen LogP contribution in [0.4, 0.5) is 0 Å². The predicted molar refractivity (Wildman–Crippen MR) is 65.5 cm³/mol. The van der Waals surface area contributed by atoms with E-state index in [0.29, 0.717) is 18.1 Å². The van der Waals surface area contributed by atoms with E-state index in [2.05, 4.69) is 15.3 Å². The van der Waals surface area contributed by atoms with Gasteiger partial charge < -0.3 is 13.8 Å². The van der Waals surface area contributed by atoms with E-state index in [-0.39, 0.29) is 5.60 Å². The number of nitrogens with zero attached hydrogens (tertiary/aromatic N) is 3. The number of aryl methyl sites for hydroxylation is 3. The Kier molecular flexibility index (Phi) is 3.10. The van der Waals surface area contributed by atoms with Crippen LogP contribution in [-0.4, -0.2) is 22.4 Å². The number of rotatable bonds is 5. The summed E-state index contributed by atoms with van der Waals surface area (Å²) in [7, 11) is 1.70. The van der Waals surface area contributed by atoms with Crippen molar-refractivity contribution in [2.75, 3.05) is 7.11 Å². The Morgan fingerprint density at radius 3 is 2.68 bits per heavy atom. The zero-order valence-electron chi connectivity index (χ0n) is 11.2. The van der Waals surface area contributed by atoms with Crippen LogP contribution in [0, 0.1) is 6.92 Å². The average Bonchev–Trinajstić information content (AvgIpc) is 2.96. The molecule has 0 bridgehead atoms. The Hall–Kier alpha value is -1.69. The number of hydrogen-bond acceptors (Lipinski definition) is 6. The van der Waals surface area contributed by atoms with E-state index in [1.807, 2.05) is 13.0 Å². The summed E-state index contributed by atoms with van der Waals surface area (Å²) in [6, 6.07) is 1.92. The summed E-state index contributed by atoms with van der Waals surface area (Å²) in [6.45, 7) is 1.88. The standard InChI is InChI=1S/C13H17N3O3/c1-9-8-10(15-18-9)4-5-11-14-12(16-19-11)13(17-2)6-3-7-13/h8H,3-7H2,1-2H3. The fourth-order valence-corrected chi connectivity index (χ4v) is 2.33. The van der Waals surface area contributed by atoms with Crippen LogP contribution in [0.2, 0.25) is 0 Å². The first-order valence-electron chi connectivity index (χ1n) is 6.52. The van der Waals surface area contributed by atoms with E-state index in [0.717, 1.165) is 37.1 Å². The molecule has 0 amide bonds. The summed E-state index contributed by atoms with van der Waals surface area (Å²) in [6.07, 6.45) is 4.48. The van der Waals surface area contributed by atoms with Crippen molar-refractivity contribution in [2.45, 2.75) is 44.6 Å². The van der Waals surface area contributed by atoms with Crippen molar-refractivity contribution in [1.29, 1.82) is 0 Å². The van der Waals surface area contributed by atoms with Crippen LogP contribution in [0.3, 0.4) is 0 Å². The summed E-state index contributed by atoms with van der Waals surface area (Å²) < 4.78 is 15.8. The van der Waals surface area contributed by atoms with Crippen LogP contribution in [0.1, 0.15) is 42.4 Å². The van der Waals surface area contributed by atoms with Gasteiger partial charge in [0.2, 0.25) is 11.7 Å². The quantitative estimate of drug-likeness (QED) is 0.823. The second-order valence-corrected chi connectivity index (χ2v) is 4.99. The molecule has 6 heteroatoms. The fourth-order valence-electron chi connectivity index (χ4n) is 2.33. The molecule has 0 unspecified atom stereocenters. The van der Waals surface area contributed by atoms with E-state index >= 15 is 0 Å². The second-order valence-electron chi connectivity index (χ2n) is 4.99. The number of ether oxygens (including phenoxy) is 1. The molecule has 102 valence electrons. The van der Waals surface area contributed by atoms with E-state index in [1.165, 1.54) is 0 Å². The van der Waals surface area contributed by atoms with E-state index < -0.39 is 0 Å². The Morgan fingerprint density at radius 1 is 1.26 bits per heavy atom. The molecule has 19 heavy (non-hydrogen) atoms. The maximum Gasteiger partial charge on any atom is 0.227 e. The zero-order valence-corrected chi connectivity index (χ0v) is 11.2. The smallest absolute Gasteiger partial charge is 0.227 e. The van der Waals surface area contributed by atoms with Crippen LogP contribution in [-0.2, 0) is 23.2 Å². The number of aromatic nitrogens is 3. The maximum absolute atomic E-state index is 5.53. The van der Waals surface area contributed by atoms with Gasteiger partial charge in [0.05, 0.1) is 5.69 Å². The Balaban J connectivity index is 1.65. The molecule has 2 heterocycles. The monoisotopic (exact) mass is 263 g/mol. The third-order valence-corrected chi connectivity index (χ3v) is 3.70. The Morgan fingerprint density at radius 2 is 2.11 bits per heavy atom. The van der Waals surface area contributed by atoms with Crippen molar-refractivity contribution < 1.29 is 13.8 Å². The second kappa shape index (κ2) is 4.77. The van der Waals surface area contributed by atoms with Gasteiger partial charge in [-0.05, 0) is 26.2 Å². The van der Waals surface area contributed by atoms with Crippen molar-refractivity contribution >= 4 is 0 Å². The SMILES string of the molecule is COC1(c2noc(CCc3cc(C)on3)n2)CCC1. The number of methoxy groups -OCH3 is 1. The third kappa shape index (κ3) is 2.28. The maximum atomic E-state index is 5.53. The molecular weight excluding hydrogens is 246 g/mol. The van der Waals surface area contributed by atoms with Gasteiger partial charge in [0.15, 0.2) is 0 Å². The minimum absolute atomic E-state index is 0.313. The van der Waals surface area contributed by atoms with Gasteiger partial charge in [-0.1, -0.05) is 10.3 Å². The van der Waals surface area contributed by atoms with E-state index in [1.54, 1.807) is 7.11 Å². The minimum atomic E-state index is -0.313. The first-order chi connectivity index (χ1) is 9.22. The molecule has 2 aromatic heterocycles. The van der Waals surface area contributed by atoms with Crippen LogP contribution in [0.15, 0.2) is 15.1 Å². The van der Waals surface area contributed by atoms with Gasteiger partial charge in [0.25, 0.3) is 0 Å². The molecule has 0 saturated heterocycles. The lowest BCUT2D eigenvalue weighted by Gasteiger charge is -2.37. The molecule has 1 saturated carbocycles. The first-order valence-corrected chi connectivity index (χ1v) is 6.52. The van der Waals surface area contributed by atoms with Crippen molar-refractivity contribution in [3.8, 4) is 0 Å². The molecule has 0 aromatic carbocycles. The Labute approximate surface area is 111 Å². The molecule has 1 aliphatic carbocycles. The highest BCUT2D eigenvalue weighted by atomic mass is 16.5. The molecular formula is C13H17N3O3. The van der Waals surface area contributed by atoms with Gasteiger partial charge in [0, 0.05) is 26.0 Å². The molecule has 2 aromatic rings. The molecule has 6 nitrogen and oxygen atoms in total. The number of hydrogen-bond donors (Lipinski definition) is 0. The molecule has 3 rings (SSSR count). The zero-order chi connectivity index (χ0) is 13.3. The van der Waals surface area contributed by atoms with E-state index in [4.69, 9.17) is 13.8 Å². The van der Waals surface area contributed by atoms with Gasteiger partial charge in [-0.15, -0.1) is 0 Å². The molecule has 0 radical (unpaired) electrons. The minimum Gasteiger partial charge on any atom is -0.370 e. The summed E-state index contributed by atoms with van der Waals surface area (Å²) in [5, 5.41) is 7.98. The molecule has 1 fully saturated rings. The summed E-state index contributed by atoms with van der Waals surface area (Å²) in [5.74, 6) is 2.11. The summed E-state index contributed by atoms with van der Waals surface area (Å²) in [4.78, 5) is 4.44. The van der Waals surface area contributed by atoms with Crippen molar-refractivity contribution in [1.82, 2.24) is 15.3 Å². The lowest BCUT2D eigenvalue weighted by Crippen LogP contribution is -2.37. The first kappa shape index (κ1) is 12.3. The fraction of sp³-hybridized carbons (Fsp3) is 0.615. The van der Waals surface area contributed by atoms with Crippen molar-refractivity contribution in [2.24, 2.45) is 0 Å². The van der Waals surface area contributed by atoms with Crippen molar-refractivity contribution in [3.05, 3.63) is 29.2 Å². The molecule has 0 atom stereocenters. The van der Waals surface area contributed by atoms with Crippen LogP contribution in [0.25, 0.3) is 0 Å². The van der Waals surface area contributed by atoms with Gasteiger partial charge >= 0.3 is 0 Å². The molecule has 0 N–H and O–H groups in total. The largest absolute Gasteiger partial charge is 0.370 e. The average molecular weight is 263 g/mol. The predicted octanol–water partition coefficient (Wildman–Crippen LogP) is 2.18. The van der Waals surface area contributed by atoms with Crippen LogP contribution >= 0.6 is 0 Å². The topological polar surface area (TPSA) is 74.2 Å². The highest BCUT2D eigenvalue weighted by Gasteiger charge is 2.43. The summed E-state index contributed by atoms with van der Waals surface area (Å²) >= 11 is 0.